The second-order valence-electron chi connectivity index (χ2n) is 8.74. The van der Waals surface area contributed by atoms with Gasteiger partial charge in [-0.25, -0.2) is 9.79 Å². The van der Waals surface area contributed by atoms with Crippen LogP contribution in [0.1, 0.15) is 50.4 Å². The van der Waals surface area contributed by atoms with Crippen molar-refractivity contribution in [2.45, 2.75) is 46.8 Å². The molecule has 1 aromatic heterocycles. The van der Waals surface area contributed by atoms with Crippen molar-refractivity contribution in [3.8, 4) is 11.5 Å². The molecule has 0 spiro atoms. The number of carbonyl (C=O) groups excluding carboxylic acids is 1. The van der Waals surface area contributed by atoms with E-state index in [-0.39, 0.29) is 18.3 Å². The quantitative estimate of drug-likeness (QED) is 0.454. The van der Waals surface area contributed by atoms with Gasteiger partial charge in [-0.05, 0) is 69.5 Å². The molecule has 0 bridgehead atoms. The van der Waals surface area contributed by atoms with E-state index in [9.17, 15) is 9.59 Å². The molecule has 3 aromatic rings. The Kier molecular flexibility index (Phi) is 7.45. The first-order valence-corrected chi connectivity index (χ1v) is 12.7. The van der Waals surface area contributed by atoms with Crippen LogP contribution in [0.15, 0.2) is 63.5 Å². The van der Waals surface area contributed by atoms with Gasteiger partial charge >= 0.3 is 5.97 Å². The van der Waals surface area contributed by atoms with Gasteiger partial charge in [0.15, 0.2) is 16.3 Å². The van der Waals surface area contributed by atoms with Gasteiger partial charge in [0, 0.05) is 0 Å². The van der Waals surface area contributed by atoms with Crippen LogP contribution in [0.25, 0.3) is 6.08 Å². The van der Waals surface area contributed by atoms with Crippen LogP contribution in [0, 0.1) is 6.92 Å². The number of benzene rings is 2. The van der Waals surface area contributed by atoms with Crippen molar-refractivity contribution in [2.75, 3.05) is 13.7 Å². The van der Waals surface area contributed by atoms with E-state index < -0.39 is 12.0 Å². The Balaban J connectivity index is 1.96. The molecule has 0 N–H and O–H groups in total. The average molecular weight is 507 g/mol. The first-order valence-electron chi connectivity index (χ1n) is 11.8. The van der Waals surface area contributed by atoms with Crippen LogP contribution >= 0.6 is 11.3 Å². The maximum absolute atomic E-state index is 13.8. The number of aryl methyl sites for hydroxylation is 1. The van der Waals surface area contributed by atoms with Gasteiger partial charge in [0.25, 0.3) is 5.56 Å². The molecule has 0 fully saturated rings. The number of rotatable bonds is 7. The molecular formula is C28H30N2O5S. The summed E-state index contributed by atoms with van der Waals surface area (Å²) in [7, 11) is 1.56. The minimum atomic E-state index is -0.721. The summed E-state index contributed by atoms with van der Waals surface area (Å²) in [4.78, 5) is 32.0. The van der Waals surface area contributed by atoms with Crippen molar-refractivity contribution in [3.05, 3.63) is 90.1 Å². The molecule has 2 heterocycles. The van der Waals surface area contributed by atoms with E-state index in [0.29, 0.717) is 37.7 Å². The lowest BCUT2D eigenvalue weighted by molar-refractivity contribution is -0.139. The maximum atomic E-state index is 13.8. The highest BCUT2D eigenvalue weighted by Crippen LogP contribution is 2.36. The summed E-state index contributed by atoms with van der Waals surface area (Å²) in [6.45, 7) is 9.61. The number of hydrogen-bond donors (Lipinski definition) is 0. The SMILES string of the molecule is CCOC(=O)C1=C(C)N=c2s/c(=C\c3ccccc3C)c(=O)n2[C@@H]1c1ccc(OC(C)C)c(OC)c1. The third-order valence-corrected chi connectivity index (χ3v) is 6.84. The highest BCUT2D eigenvalue weighted by Gasteiger charge is 2.34. The summed E-state index contributed by atoms with van der Waals surface area (Å²) in [6.07, 6.45) is 1.83. The van der Waals surface area contributed by atoms with E-state index in [0.717, 1.165) is 11.1 Å². The van der Waals surface area contributed by atoms with Gasteiger partial charge in [0.05, 0.1) is 41.7 Å². The molecule has 1 atom stereocenters. The topological polar surface area (TPSA) is 79.1 Å². The number of ether oxygens (including phenoxy) is 3. The zero-order chi connectivity index (χ0) is 26.0. The Morgan fingerprint density at radius 2 is 1.92 bits per heavy atom. The van der Waals surface area contributed by atoms with Crippen molar-refractivity contribution < 1.29 is 19.0 Å². The zero-order valence-electron chi connectivity index (χ0n) is 21.3. The summed E-state index contributed by atoms with van der Waals surface area (Å²) in [5.74, 6) is 0.598. The molecule has 0 radical (unpaired) electrons. The highest BCUT2D eigenvalue weighted by molar-refractivity contribution is 7.07. The third kappa shape index (κ3) is 4.86. The van der Waals surface area contributed by atoms with Crippen LogP contribution < -0.4 is 24.4 Å². The summed E-state index contributed by atoms with van der Waals surface area (Å²) in [6, 6.07) is 12.6. The molecule has 0 aliphatic carbocycles. The van der Waals surface area contributed by atoms with Crippen molar-refractivity contribution in [1.29, 1.82) is 0 Å². The fourth-order valence-electron chi connectivity index (χ4n) is 4.20. The molecule has 2 aromatic carbocycles. The number of esters is 1. The Morgan fingerprint density at radius 1 is 1.17 bits per heavy atom. The van der Waals surface area contributed by atoms with Crippen LogP contribution in [0.3, 0.4) is 0 Å². The van der Waals surface area contributed by atoms with Gasteiger partial charge in [-0.15, -0.1) is 0 Å². The van der Waals surface area contributed by atoms with E-state index in [1.165, 1.54) is 11.3 Å². The molecule has 0 saturated carbocycles. The first kappa shape index (κ1) is 25.4. The highest BCUT2D eigenvalue weighted by atomic mass is 32.1. The third-order valence-electron chi connectivity index (χ3n) is 5.86. The van der Waals surface area contributed by atoms with Crippen molar-refractivity contribution in [1.82, 2.24) is 4.57 Å². The predicted octanol–water partition coefficient (Wildman–Crippen LogP) is 3.90. The molecule has 36 heavy (non-hydrogen) atoms. The minimum Gasteiger partial charge on any atom is -0.493 e. The van der Waals surface area contributed by atoms with E-state index in [1.54, 1.807) is 37.7 Å². The molecule has 188 valence electrons. The van der Waals surface area contributed by atoms with Crippen molar-refractivity contribution >= 4 is 23.4 Å². The molecule has 8 heteroatoms. The van der Waals surface area contributed by atoms with Gasteiger partial charge < -0.3 is 14.2 Å². The van der Waals surface area contributed by atoms with Crippen molar-refractivity contribution in [3.63, 3.8) is 0 Å². The Bertz CT molecular complexity index is 1510. The van der Waals surface area contributed by atoms with Gasteiger partial charge in [-0.1, -0.05) is 41.7 Å². The number of aromatic nitrogens is 1. The van der Waals surface area contributed by atoms with Crippen LogP contribution in [0.2, 0.25) is 0 Å². The number of allylic oxidation sites excluding steroid dienone is 1. The summed E-state index contributed by atoms with van der Waals surface area (Å²) in [5.41, 5.74) is 3.34. The predicted molar refractivity (Wildman–Crippen MR) is 140 cm³/mol. The van der Waals surface area contributed by atoms with Crippen LogP contribution in [0.5, 0.6) is 11.5 Å². The fraction of sp³-hybridized carbons (Fsp3) is 0.321. The standard InChI is InChI=1S/C28H30N2O5S/c1-7-34-27(32)24-18(5)29-28-30(26(31)23(36-28)15-19-11-9-8-10-17(19)4)25(24)20-12-13-21(35-16(2)3)22(14-20)33-6/h8-16,25H,7H2,1-6H3/b23-15-/t25-/m1/s1. The Hall–Kier alpha value is -3.65. The largest absolute Gasteiger partial charge is 0.493 e. The van der Waals surface area contributed by atoms with E-state index in [1.807, 2.05) is 57.2 Å². The second kappa shape index (κ2) is 10.5. The lowest BCUT2D eigenvalue weighted by atomic mass is 9.95. The molecule has 0 saturated heterocycles. The molecule has 0 amide bonds. The molecular weight excluding hydrogens is 476 g/mol. The number of hydrogen-bond acceptors (Lipinski definition) is 7. The normalized spacial score (nSPS) is 15.5. The summed E-state index contributed by atoms with van der Waals surface area (Å²) in [5, 5.41) is 0. The number of carbonyl (C=O) groups is 1. The van der Waals surface area contributed by atoms with E-state index in [2.05, 4.69) is 4.99 Å². The van der Waals surface area contributed by atoms with Gasteiger partial charge in [-0.2, -0.15) is 0 Å². The smallest absolute Gasteiger partial charge is 0.338 e. The Morgan fingerprint density at radius 3 is 2.58 bits per heavy atom. The molecule has 7 nitrogen and oxygen atoms in total. The molecule has 0 unspecified atom stereocenters. The molecule has 1 aliphatic rings. The number of nitrogens with zero attached hydrogens (tertiary/aromatic N) is 2. The van der Waals surface area contributed by atoms with Gasteiger partial charge in [-0.3, -0.25) is 9.36 Å². The van der Waals surface area contributed by atoms with Crippen LogP contribution in [-0.4, -0.2) is 30.4 Å². The number of methoxy groups -OCH3 is 1. The summed E-state index contributed by atoms with van der Waals surface area (Å²) >= 11 is 1.30. The minimum absolute atomic E-state index is 0.0406. The lowest BCUT2D eigenvalue weighted by Crippen LogP contribution is -2.40. The fourth-order valence-corrected chi connectivity index (χ4v) is 5.24. The zero-order valence-corrected chi connectivity index (χ0v) is 22.1. The monoisotopic (exact) mass is 506 g/mol. The van der Waals surface area contributed by atoms with E-state index >= 15 is 0 Å². The molecule has 4 rings (SSSR count). The van der Waals surface area contributed by atoms with Gasteiger partial charge in [0.2, 0.25) is 0 Å². The van der Waals surface area contributed by atoms with Crippen LogP contribution in [-0.2, 0) is 9.53 Å². The first-order chi connectivity index (χ1) is 17.2. The maximum Gasteiger partial charge on any atom is 0.338 e. The number of thiazole rings is 1. The number of fused-ring (bicyclic) bond motifs is 1. The Labute approximate surface area is 214 Å². The molecule has 1 aliphatic heterocycles. The van der Waals surface area contributed by atoms with Crippen molar-refractivity contribution in [2.24, 2.45) is 4.99 Å². The van der Waals surface area contributed by atoms with E-state index in [4.69, 9.17) is 14.2 Å². The summed E-state index contributed by atoms with van der Waals surface area (Å²) < 4.78 is 19.0. The van der Waals surface area contributed by atoms with Gasteiger partial charge in [0.1, 0.15) is 0 Å². The lowest BCUT2D eigenvalue weighted by Gasteiger charge is -2.25. The average Bonchev–Trinajstić information content (AvgIpc) is 3.14. The second-order valence-corrected chi connectivity index (χ2v) is 9.74. The van der Waals surface area contributed by atoms with Crippen LogP contribution in [0.4, 0.5) is 0 Å².